The van der Waals surface area contributed by atoms with Crippen LogP contribution in [0.15, 0.2) is 121 Å². The topological polar surface area (TPSA) is 58.6 Å². The SMILES string of the molecule is O=C(NC(c1ccc(OCc2ccccc2)cc1)c1c(O)ccc2ccccc12)c1ccccc1. The highest BCUT2D eigenvalue weighted by Crippen LogP contribution is 2.36. The quantitative estimate of drug-likeness (QED) is 0.287. The van der Waals surface area contributed by atoms with Gasteiger partial charge in [-0.2, -0.15) is 0 Å². The first-order valence-electron chi connectivity index (χ1n) is 11.5. The van der Waals surface area contributed by atoms with E-state index < -0.39 is 6.04 Å². The maximum atomic E-state index is 13.2. The smallest absolute Gasteiger partial charge is 0.252 e. The van der Waals surface area contributed by atoms with E-state index in [1.165, 1.54) is 0 Å². The fourth-order valence-electron chi connectivity index (χ4n) is 4.21. The monoisotopic (exact) mass is 459 g/mol. The Hall–Kier alpha value is -4.57. The van der Waals surface area contributed by atoms with Crippen LogP contribution in [0.1, 0.15) is 33.1 Å². The zero-order chi connectivity index (χ0) is 24.0. The Kier molecular flexibility index (Phi) is 6.44. The van der Waals surface area contributed by atoms with E-state index in [0.29, 0.717) is 17.7 Å². The van der Waals surface area contributed by atoms with Gasteiger partial charge in [-0.15, -0.1) is 0 Å². The fraction of sp³-hybridized carbons (Fsp3) is 0.0645. The van der Waals surface area contributed by atoms with Crippen LogP contribution in [0.4, 0.5) is 0 Å². The molecule has 0 saturated carbocycles. The molecule has 0 fully saturated rings. The number of hydrogen-bond acceptors (Lipinski definition) is 3. The number of rotatable bonds is 7. The van der Waals surface area contributed by atoms with Gasteiger partial charge in [-0.05, 0) is 52.2 Å². The first-order valence-corrected chi connectivity index (χ1v) is 11.5. The van der Waals surface area contributed by atoms with E-state index >= 15 is 0 Å². The molecule has 5 aromatic carbocycles. The number of phenolic OH excluding ortho intramolecular Hbond substituents is 1. The molecule has 5 aromatic rings. The number of carbonyl (C=O) groups excluding carboxylic acids is 1. The van der Waals surface area contributed by atoms with Gasteiger partial charge in [-0.25, -0.2) is 0 Å². The van der Waals surface area contributed by atoms with E-state index in [4.69, 9.17) is 4.74 Å². The van der Waals surface area contributed by atoms with E-state index in [9.17, 15) is 9.90 Å². The number of amides is 1. The van der Waals surface area contributed by atoms with E-state index in [1.807, 2.05) is 103 Å². The number of hydrogen-bond donors (Lipinski definition) is 2. The van der Waals surface area contributed by atoms with Gasteiger partial charge in [0.25, 0.3) is 5.91 Å². The van der Waals surface area contributed by atoms with Gasteiger partial charge in [-0.1, -0.05) is 91.0 Å². The highest BCUT2D eigenvalue weighted by molar-refractivity contribution is 5.96. The average molecular weight is 460 g/mol. The maximum absolute atomic E-state index is 13.2. The third-order valence-electron chi connectivity index (χ3n) is 6.01. The number of carbonyl (C=O) groups is 1. The van der Waals surface area contributed by atoms with Gasteiger partial charge in [-0.3, -0.25) is 4.79 Å². The van der Waals surface area contributed by atoms with Crippen molar-refractivity contribution in [2.75, 3.05) is 0 Å². The van der Waals surface area contributed by atoms with Crippen molar-refractivity contribution in [3.05, 3.63) is 144 Å². The molecule has 0 heterocycles. The highest BCUT2D eigenvalue weighted by atomic mass is 16.5. The molecule has 2 N–H and O–H groups in total. The molecule has 0 aliphatic carbocycles. The van der Waals surface area contributed by atoms with Crippen molar-refractivity contribution in [3.8, 4) is 11.5 Å². The summed E-state index contributed by atoms with van der Waals surface area (Å²) in [5.41, 5.74) is 3.14. The molecule has 1 unspecified atom stereocenters. The van der Waals surface area contributed by atoms with Crippen molar-refractivity contribution < 1.29 is 14.6 Å². The van der Waals surface area contributed by atoms with Gasteiger partial charge in [0.2, 0.25) is 0 Å². The molecule has 0 aliphatic heterocycles. The molecule has 1 atom stereocenters. The van der Waals surface area contributed by atoms with Gasteiger partial charge in [0.1, 0.15) is 18.1 Å². The Balaban J connectivity index is 1.49. The minimum atomic E-state index is -0.558. The lowest BCUT2D eigenvalue weighted by molar-refractivity contribution is 0.0943. The van der Waals surface area contributed by atoms with E-state index in [0.717, 1.165) is 27.6 Å². The first kappa shape index (κ1) is 22.2. The van der Waals surface area contributed by atoms with Crippen molar-refractivity contribution in [1.29, 1.82) is 0 Å². The van der Waals surface area contributed by atoms with E-state index in [-0.39, 0.29) is 11.7 Å². The second-order valence-electron chi connectivity index (χ2n) is 8.34. The number of aromatic hydroxyl groups is 1. The summed E-state index contributed by atoms with van der Waals surface area (Å²) in [6, 6.07) is 37.6. The van der Waals surface area contributed by atoms with Crippen molar-refractivity contribution in [1.82, 2.24) is 5.32 Å². The summed E-state index contributed by atoms with van der Waals surface area (Å²) in [6.07, 6.45) is 0. The number of fused-ring (bicyclic) bond motifs is 1. The predicted octanol–water partition coefficient (Wildman–Crippen LogP) is 6.64. The summed E-state index contributed by atoms with van der Waals surface area (Å²) >= 11 is 0. The molecule has 0 saturated heterocycles. The van der Waals surface area contributed by atoms with Gasteiger partial charge >= 0.3 is 0 Å². The van der Waals surface area contributed by atoms with Crippen LogP contribution in [0.3, 0.4) is 0 Å². The molecule has 1 amide bonds. The van der Waals surface area contributed by atoms with Crippen LogP contribution in [-0.4, -0.2) is 11.0 Å². The summed E-state index contributed by atoms with van der Waals surface area (Å²) < 4.78 is 5.94. The molecule has 35 heavy (non-hydrogen) atoms. The summed E-state index contributed by atoms with van der Waals surface area (Å²) in [5, 5.41) is 15.9. The summed E-state index contributed by atoms with van der Waals surface area (Å²) in [6.45, 7) is 0.471. The predicted molar refractivity (Wildman–Crippen MR) is 139 cm³/mol. The van der Waals surface area contributed by atoms with E-state index in [2.05, 4.69) is 5.32 Å². The van der Waals surface area contributed by atoms with Gasteiger partial charge < -0.3 is 15.2 Å². The third kappa shape index (κ3) is 5.02. The second-order valence-corrected chi connectivity index (χ2v) is 8.34. The Morgan fingerprint density at radius 3 is 2.14 bits per heavy atom. The van der Waals surface area contributed by atoms with Crippen LogP contribution in [-0.2, 0) is 6.61 Å². The largest absolute Gasteiger partial charge is 0.508 e. The van der Waals surface area contributed by atoms with Gasteiger partial charge in [0.15, 0.2) is 0 Å². The average Bonchev–Trinajstić information content (AvgIpc) is 2.92. The van der Waals surface area contributed by atoms with Crippen LogP contribution in [0.2, 0.25) is 0 Å². The standard InChI is InChI=1S/C31H25NO3/c33-28-20-17-23-11-7-8-14-27(23)29(28)30(32-31(34)25-12-5-2-6-13-25)24-15-18-26(19-16-24)35-21-22-9-3-1-4-10-22/h1-20,30,33H,21H2,(H,32,34). The molecule has 0 bridgehead atoms. The molecule has 0 spiro atoms. The minimum Gasteiger partial charge on any atom is -0.508 e. The summed E-state index contributed by atoms with van der Waals surface area (Å²) in [4.78, 5) is 13.2. The minimum absolute atomic E-state index is 0.131. The number of ether oxygens (including phenoxy) is 1. The van der Waals surface area contributed by atoms with Gasteiger partial charge in [0, 0.05) is 11.1 Å². The maximum Gasteiger partial charge on any atom is 0.252 e. The van der Waals surface area contributed by atoms with Crippen LogP contribution >= 0.6 is 0 Å². The molecular weight excluding hydrogens is 434 g/mol. The van der Waals surface area contributed by atoms with Crippen molar-refractivity contribution >= 4 is 16.7 Å². The van der Waals surface area contributed by atoms with Crippen molar-refractivity contribution in [2.24, 2.45) is 0 Å². The Morgan fingerprint density at radius 1 is 0.743 bits per heavy atom. The van der Waals surface area contributed by atoms with Crippen LogP contribution in [0, 0.1) is 0 Å². The molecule has 0 aromatic heterocycles. The zero-order valence-electron chi connectivity index (χ0n) is 19.1. The van der Waals surface area contributed by atoms with Crippen LogP contribution in [0.25, 0.3) is 10.8 Å². The second kappa shape index (κ2) is 10.1. The van der Waals surface area contributed by atoms with Crippen LogP contribution < -0.4 is 10.1 Å². The molecule has 4 nitrogen and oxygen atoms in total. The summed E-state index contributed by atoms with van der Waals surface area (Å²) in [7, 11) is 0. The Morgan fingerprint density at radius 2 is 1.40 bits per heavy atom. The molecule has 0 aliphatic rings. The highest BCUT2D eigenvalue weighted by Gasteiger charge is 2.23. The molecule has 4 heteroatoms. The number of benzene rings is 5. The molecule has 5 rings (SSSR count). The number of nitrogens with one attached hydrogen (secondary N) is 1. The lowest BCUT2D eigenvalue weighted by Gasteiger charge is -2.23. The van der Waals surface area contributed by atoms with Crippen molar-refractivity contribution in [3.63, 3.8) is 0 Å². The Bertz CT molecular complexity index is 1430. The lowest BCUT2D eigenvalue weighted by atomic mass is 9.92. The Labute approximate surface area is 204 Å². The normalized spacial score (nSPS) is 11.7. The summed E-state index contributed by atoms with van der Waals surface area (Å²) in [5.74, 6) is 0.645. The van der Waals surface area contributed by atoms with E-state index in [1.54, 1.807) is 18.2 Å². The zero-order valence-corrected chi connectivity index (χ0v) is 19.1. The first-order chi connectivity index (χ1) is 17.2. The fourth-order valence-corrected chi connectivity index (χ4v) is 4.21. The van der Waals surface area contributed by atoms with Gasteiger partial charge in [0.05, 0.1) is 6.04 Å². The molecular formula is C31H25NO3. The number of phenols is 1. The van der Waals surface area contributed by atoms with Crippen molar-refractivity contribution in [2.45, 2.75) is 12.6 Å². The van der Waals surface area contributed by atoms with Crippen LogP contribution in [0.5, 0.6) is 11.5 Å². The lowest BCUT2D eigenvalue weighted by Crippen LogP contribution is -2.29. The molecule has 0 radical (unpaired) electrons. The molecule has 172 valence electrons. The third-order valence-corrected chi connectivity index (χ3v) is 6.01.